The maximum atomic E-state index is 11.7. The third kappa shape index (κ3) is 3.14. The van der Waals surface area contributed by atoms with Crippen LogP contribution in [0.4, 0.5) is 16.2 Å². The number of nitro benzene ring substituents is 1. The Bertz CT molecular complexity index is 709. The summed E-state index contributed by atoms with van der Waals surface area (Å²) in [7, 11) is 0. The number of urea groups is 1. The summed E-state index contributed by atoms with van der Waals surface area (Å²) < 4.78 is 5.30. The molecule has 3 rings (SSSR count). The maximum absolute atomic E-state index is 11.7. The van der Waals surface area contributed by atoms with E-state index in [-0.39, 0.29) is 11.4 Å². The van der Waals surface area contributed by atoms with Gasteiger partial charge in [-0.1, -0.05) is 0 Å². The van der Waals surface area contributed by atoms with Crippen LogP contribution in [-0.2, 0) is 9.53 Å². The highest BCUT2D eigenvalue weighted by Gasteiger charge is 2.24. The number of rotatable bonds is 3. The van der Waals surface area contributed by atoms with Crippen molar-refractivity contribution >= 4 is 29.4 Å². The summed E-state index contributed by atoms with van der Waals surface area (Å²) in [6, 6.07) is 3.83. The first-order valence-electron chi connectivity index (χ1n) is 7.00. The van der Waals surface area contributed by atoms with Crippen molar-refractivity contribution in [2.75, 3.05) is 31.2 Å². The van der Waals surface area contributed by atoms with Gasteiger partial charge >= 0.3 is 6.03 Å². The quantitative estimate of drug-likeness (QED) is 0.365. The molecule has 9 heteroatoms. The van der Waals surface area contributed by atoms with E-state index >= 15 is 0 Å². The number of imide groups is 1. The number of benzene rings is 1. The van der Waals surface area contributed by atoms with Gasteiger partial charge in [0.05, 0.1) is 18.1 Å². The van der Waals surface area contributed by atoms with Crippen molar-refractivity contribution in [3.63, 3.8) is 0 Å². The van der Waals surface area contributed by atoms with Crippen LogP contribution in [0.3, 0.4) is 0 Å². The zero-order chi connectivity index (χ0) is 16.4. The Hall–Kier alpha value is -2.94. The molecular formula is C14H14N4O5. The van der Waals surface area contributed by atoms with Gasteiger partial charge in [-0.25, -0.2) is 4.79 Å². The Balaban J connectivity index is 2.02. The molecule has 2 saturated heterocycles. The number of nitrogens with zero attached hydrogens (tertiary/aromatic N) is 2. The standard InChI is InChI=1S/C14H14N4O5/c19-13-11(15-14(20)16-13)8-9-7-10(18(21)22)1-2-12(9)17-3-5-23-6-4-17/h1-2,7-8H,3-6H2,(H2,15,16,19,20)/b11-8-. The lowest BCUT2D eigenvalue weighted by Gasteiger charge is -2.30. The van der Waals surface area contributed by atoms with Gasteiger partial charge in [-0.15, -0.1) is 0 Å². The van der Waals surface area contributed by atoms with Gasteiger partial charge in [-0.3, -0.25) is 20.2 Å². The second kappa shape index (κ2) is 6.05. The van der Waals surface area contributed by atoms with Crippen LogP contribution in [0.25, 0.3) is 6.08 Å². The molecule has 0 bridgehead atoms. The number of morpholine rings is 1. The van der Waals surface area contributed by atoms with Gasteiger partial charge in [-0.05, 0) is 12.1 Å². The first-order valence-corrected chi connectivity index (χ1v) is 7.00. The molecule has 0 unspecified atom stereocenters. The fraction of sp³-hybridized carbons (Fsp3) is 0.286. The van der Waals surface area contributed by atoms with E-state index in [0.29, 0.717) is 31.9 Å². The van der Waals surface area contributed by atoms with Crippen LogP contribution >= 0.6 is 0 Å². The second-order valence-electron chi connectivity index (χ2n) is 5.07. The molecule has 1 aromatic carbocycles. The second-order valence-corrected chi connectivity index (χ2v) is 5.07. The van der Waals surface area contributed by atoms with E-state index in [9.17, 15) is 19.7 Å². The number of hydrogen-bond donors (Lipinski definition) is 2. The minimum absolute atomic E-state index is 0.0602. The van der Waals surface area contributed by atoms with Gasteiger partial charge in [0.25, 0.3) is 11.6 Å². The first kappa shape index (κ1) is 15.0. The van der Waals surface area contributed by atoms with Crippen molar-refractivity contribution in [1.29, 1.82) is 0 Å². The maximum Gasteiger partial charge on any atom is 0.326 e. The molecular weight excluding hydrogens is 304 g/mol. The normalized spacial score (nSPS) is 19.7. The van der Waals surface area contributed by atoms with Crippen LogP contribution < -0.4 is 15.5 Å². The molecule has 0 atom stereocenters. The lowest BCUT2D eigenvalue weighted by atomic mass is 10.1. The van der Waals surface area contributed by atoms with Crippen LogP contribution in [0, 0.1) is 10.1 Å². The average molecular weight is 318 g/mol. The number of nitro groups is 1. The molecule has 2 aliphatic rings. The summed E-state index contributed by atoms with van der Waals surface area (Å²) in [5, 5.41) is 15.5. The van der Waals surface area contributed by atoms with Gasteiger partial charge in [0.15, 0.2) is 0 Å². The van der Waals surface area contributed by atoms with Crippen LogP contribution in [0.5, 0.6) is 0 Å². The first-order chi connectivity index (χ1) is 11.0. The Morgan fingerprint density at radius 3 is 2.57 bits per heavy atom. The average Bonchev–Trinajstić information content (AvgIpc) is 2.85. The van der Waals surface area contributed by atoms with Crippen molar-refractivity contribution in [3.8, 4) is 0 Å². The third-order valence-corrected chi connectivity index (χ3v) is 3.59. The van der Waals surface area contributed by atoms with Gasteiger partial charge in [0.2, 0.25) is 0 Å². The van der Waals surface area contributed by atoms with E-state index in [4.69, 9.17) is 4.74 Å². The highest BCUT2D eigenvalue weighted by molar-refractivity contribution is 6.14. The number of carbonyl (C=O) groups excluding carboxylic acids is 2. The monoisotopic (exact) mass is 318 g/mol. The number of non-ortho nitro benzene ring substituents is 1. The molecule has 2 aliphatic heterocycles. The predicted molar refractivity (Wildman–Crippen MR) is 80.8 cm³/mol. The molecule has 0 aliphatic carbocycles. The highest BCUT2D eigenvalue weighted by Crippen LogP contribution is 2.28. The highest BCUT2D eigenvalue weighted by atomic mass is 16.6. The molecule has 23 heavy (non-hydrogen) atoms. The van der Waals surface area contributed by atoms with E-state index in [1.54, 1.807) is 6.07 Å². The van der Waals surface area contributed by atoms with E-state index < -0.39 is 16.9 Å². The van der Waals surface area contributed by atoms with Crippen molar-refractivity contribution in [2.45, 2.75) is 0 Å². The molecule has 3 amide bonds. The van der Waals surface area contributed by atoms with Gasteiger partial charge in [0, 0.05) is 36.5 Å². The van der Waals surface area contributed by atoms with Crippen LogP contribution in [0.15, 0.2) is 23.9 Å². The van der Waals surface area contributed by atoms with Crippen LogP contribution in [0.2, 0.25) is 0 Å². The Labute approximate surface area is 131 Å². The minimum Gasteiger partial charge on any atom is -0.378 e. The van der Waals surface area contributed by atoms with Crippen molar-refractivity contribution < 1.29 is 19.2 Å². The fourth-order valence-corrected chi connectivity index (χ4v) is 2.50. The number of nitrogens with one attached hydrogen (secondary N) is 2. The number of anilines is 1. The Morgan fingerprint density at radius 2 is 1.96 bits per heavy atom. The summed E-state index contributed by atoms with van der Waals surface area (Å²) in [6.45, 7) is 2.41. The van der Waals surface area contributed by atoms with Crippen molar-refractivity contribution in [3.05, 3.63) is 39.6 Å². The summed E-state index contributed by atoms with van der Waals surface area (Å²) in [5.41, 5.74) is 1.22. The molecule has 2 N–H and O–H groups in total. The summed E-state index contributed by atoms with van der Waals surface area (Å²) in [5.74, 6) is -0.561. The minimum atomic E-state index is -0.611. The van der Waals surface area contributed by atoms with E-state index in [1.807, 2.05) is 4.90 Å². The largest absolute Gasteiger partial charge is 0.378 e. The zero-order valence-electron chi connectivity index (χ0n) is 12.1. The van der Waals surface area contributed by atoms with Crippen LogP contribution in [-0.4, -0.2) is 43.2 Å². The van der Waals surface area contributed by atoms with Gasteiger partial charge in [0.1, 0.15) is 5.70 Å². The Morgan fingerprint density at radius 1 is 1.22 bits per heavy atom. The molecule has 120 valence electrons. The number of hydrogen-bond acceptors (Lipinski definition) is 6. The van der Waals surface area contributed by atoms with Crippen molar-refractivity contribution in [1.82, 2.24) is 10.6 Å². The molecule has 9 nitrogen and oxygen atoms in total. The molecule has 2 heterocycles. The van der Waals surface area contributed by atoms with E-state index in [1.165, 1.54) is 18.2 Å². The number of carbonyl (C=O) groups is 2. The SMILES string of the molecule is O=C1NC(=O)/C(=C/c2cc([N+](=O)[O-])ccc2N2CCOCC2)N1. The van der Waals surface area contributed by atoms with Crippen molar-refractivity contribution in [2.24, 2.45) is 0 Å². The molecule has 1 aromatic rings. The summed E-state index contributed by atoms with van der Waals surface area (Å²) in [6.07, 6.45) is 1.44. The van der Waals surface area contributed by atoms with E-state index in [2.05, 4.69) is 10.6 Å². The lowest BCUT2D eigenvalue weighted by Crippen LogP contribution is -2.36. The molecule has 2 fully saturated rings. The van der Waals surface area contributed by atoms with Gasteiger partial charge < -0.3 is 15.0 Å². The Kier molecular flexibility index (Phi) is 3.94. The summed E-state index contributed by atoms with van der Waals surface area (Å²) >= 11 is 0. The smallest absolute Gasteiger partial charge is 0.326 e. The zero-order valence-corrected chi connectivity index (χ0v) is 12.1. The molecule has 0 saturated carbocycles. The summed E-state index contributed by atoms with van der Waals surface area (Å²) in [4.78, 5) is 35.4. The number of amides is 3. The van der Waals surface area contributed by atoms with Crippen LogP contribution in [0.1, 0.15) is 5.56 Å². The number of ether oxygens (including phenoxy) is 1. The fourth-order valence-electron chi connectivity index (χ4n) is 2.50. The molecule has 0 spiro atoms. The predicted octanol–water partition coefficient (Wildman–Crippen LogP) is 0.612. The topological polar surface area (TPSA) is 114 Å². The molecule has 0 radical (unpaired) electrons. The van der Waals surface area contributed by atoms with Gasteiger partial charge in [-0.2, -0.15) is 0 Å². The third-order valence-electron chi connectivity index (χ3n) is 3.59. The van der Waals surface area contributed by atoms with E-state index in [0.717, 1.165) is 5.69 Å². The molecule has 0 aromatic heterocycles. The lowest BCUT2D eigenvalue weighted by molar-refractivity contribution is -0.384.